The average Bonchev–Trinajstić information content (AvgIpc) is 2.59. The van der Waals surface area contributed by atoms with E-state index in [1.54, 1.807) is 7.11 Å². The molecule has 1 aromatic heterocycles. The Morgan fingerprint density at radius 1 is 1.31 bits per heavy atom. The van der Waals surface area contributed by atoms with Gasteiger partial charge in [0.05, 0.1) is 22.9 Å². The molecule has 16 heavy (non-hydrogen) atoms. The third kappa shape index (κ3) is 2.55. The van der Waals surface area contributed by atoms with Crippen molar-refractivity contribution in [2.45, 2.75) is 13.5 Å². The zero-order valence-electron chi connectivity index (χ0n) is 9.27. The van der Waals surface area contributed by atoms with Gasteiger partial charge in [0.25, 0.3) is 0 Å². The molecule has 0 radical (unpaired) electrons. The monoisotopic (exact) mass is 328 g/mol. The smallest absolute Gasteiger partial charge is 0.118 e. The van der Waals surface area contributed by atoms with Crippen molar-refractivity contribution in [1.29, 1.82) is 0 Å². The Kier molecular flexibility index (Phi) is 3.48. The SMILES string of the molecule is COc1ccc(Cn2cc(I)c(C)n2)cc1. The molecule has 0 bridgehead atoms. The molecule has 0 saturated carbocycles. The van der Waals surface area contributed by atoms with Gasteiger partial charge in [-0.05, 0) is 47.2 Å². The van der Waals surface area contributed by atoms with Gasteiger partial charge in [-0.1, -0.05) is 12.1 Å². The van der Waals surface area contributed by atoms with Crippen LogP contribution >= 0.6 is 22.6 Å². The number of aryl methyl sites for hydroxylation is 1. The summed E-state index contributed by atoms with van der Waals surface area (Å²) in [5, 5.41) is 4.43. The lowest BCUT2D eigenvalue weighted by Crippen LogP contribution is -2.00. The van der Waals surface area contributed by atoms with E-state index in [1.807, 2.05) is 23.7 Å². The molecular weight excluding hydrogens is 315 g/mol. The molecule has 3 nitrogen and oxygen atoms in total. The lowest BCUT2D eigenvalue weighted by atomic mass is 10.2. The van der Waals surface area contributed by atoms with Gasteiger partial charge >= 0.3 is 0 Å². The first-order valence-electron chi connectivity index (χ1n) is 5.01. The molecule has 1 heterocycles. The Hall–Kier alpha value is -1.04. The van der Waals surface area contributed by atoms with Crippen LogP contribution < -0.4 is 4.74 Å². The molecule has 0 aliphatic carbocycles. The van der Waals surface area contributed by atoms with E-state index in [-0.39, 0.29) is 0 Å². The Morgan fingerprint density at radius 2 is 2.00 bits per heavy atom. The number of halogens is 1. The molecule has 2 aromatic rings. The van der Waals surface area contributed by atoms with Crippen molar-refractivity contribution in [3.8, 4) is 5.75 Å². The minimum Gasteiger partial charge on any atom is -0.497 e. The van der Waals surface area contributed by atoms with Gasteiger partial charge in [0.15, 0.2) is 0 Å². The van der Waals surface area contributed by atoms with Crippen LogP contribution in [0, 0.1) is 10.5 Å². The van der Waals surface area contributed by atoms with Gasteiger partial charge in [-0.15, -0.1) is 0 Å². The Bertz CT molecular complexity index is 457. The standard InChI is InChI=1S/C12H13IN2O/c1-9-12(13)8-15(14-9)7-10-3-5-11(16-2)6-4-10/h3-6,8H,7H2,1-2H3. The molecule has 0 aliphatic rings. The Balaban J connectivity index is 2.14. The molecule has 0 N–H and O–H groups in total. The molecule has 0 aliphatic heterocycles. The van der Waals surface area contributed by atoms with E-state index in [4.69, 9.17) is 4.74 Å². The molecule has 0 unspecified atom stereocenters. The van der Waals surface area contributed by atoms with E-state index < -0.39 is 0 Å². The van der Waals surface area contributed by atoms with Gasteiger partial charge in [-0.2, -0.15) is 5.10 Å². The largest absolute Gasteiger partial charge is 0.497 e. The average molecular weight is 328 g/mol. The summed E-state index contributed by atoms with van der Waals surface area (Å²) in [4.78, 5) is 0. The lowest BCUT2D eigenvalue weighted by molar-refractivity contribution is 0.414. The molecule has 1 aromatic carbocycles. The van der Waals surface area contributed by atoms with Crippen molar-refractivity contribution in [3.63, 3.8) is 0 Å². The van der Waals surface area contributed by atoms with Crippen LogP contribution in [0.5, 0.6) is 5.75 Å². The predicted molar refractivity (Wildman–Crippen MR) is 71.8 cm³/mol. The summed E-state index contributed by atoms with van der Waals surface area (Å²) >= 11 is 2.30. The number of hydrogen-bond acceptors (Lipinski definition) is 2. The molecule has 84 valence electrons. The maximum absolute atomic E-state index is 5.12. The van der Waals surface area contributed by atoms with Gasteiger partial charge in [-0.25, -0.2) is 0 Å². The summed E-state index contributed by atoms with van der Waals surface area (Å²) in [5.41, 5.74) is 2.30. The maximum atomic E-state index is 5.12. The molecule has 4 heteroatoms. The van der Waals surface area contributed by atoms with E-state index in [1.165, 1.54) is 9.13 Å². The van der Waals surface area contributed by atoms with Crippen molar-refractivity contribution in [1.82, 2.24) is 9.78 Å². The van der Waals surface area contributed by atoms with Crippen LogP contribution in [0.4, 0.5) is 0 Å². The lowest BCUT2D eigenvalue weighted by Gasteiger charge is -2.03. The summed E-state index contributed by atoms with van der Waals surface area (Å²) in [6.45, 7) is 2.82. The highest BCUT2D eigenvalue weighted by Crippen LogP contribution is 2.14. The highest BCUT2D eigenvalue weighted by molar-refractivity contribution is 14.1. The van der Waals surface area contributed by atoms with Gasteiger partial charge in [0.1, 0.15) is 5.75 Å². The number of ether oxygens (including phenoxy) is 1. The van der Waals surface area contributed by atoms with Crippen LogP contribution in [0.3, 0.4) is 0 Å². The fraction of sp³-hybridized carbons (Fsp3) is 0.250. The number of hydrogen-bond donors (Lipinski definition) is 0. The number of aromatic nitrogens is 2. The number of methoxy groups -OCH3 is 1. The maximum Gasteiger partial charge on any atom is 0.118 e. The highest BCUT2D eigenvalue weighted by Gasteiger charge is 2.02. The molecule has 0 amide bonds. The topological polar surface area (TPSA) is 27.1 Å². The molecule has 0 atom stereocenters. The van der Waals surface area contributed by atoms with Crippen molar-refractivity contribution < 1.29 is 4.74 Å². The fourth-order valence-corrected chi connectivity index (χ4v) is 1.92. The fourth-order valence-electron chi connectivity index (χ4n) is 1.49. The summed E-state index contributed by atoms with van der Waals surface area (Å²) in [7, 11) is 1.67. The summed E-state index contributed by atoms with van der Waals surface area (Å²) in [6.07, 6.45) is 2.06. The van der Waals surface area contributed by atoms with E-state index >= 15 is 0 Å². The summed E-state index contributed by atoms with van der Waals surface area (Å²) in [5.74, 6) is 0.884. The highest BCUT2D eigenvalue weighted by atomic mass is 127. The minimum absolute atomic E-state index is 0.799. The quantitative estimate of drug-likeness (QED) is 0.810. The van der Waals surface area contributed by atoms with Crippen LogP contribution in [-0.4, -0.2) is 16.9 Å². The minimum atomic E-state index is 0.799. The third-order valence-electron chi connectivity index (χ3n) is 2.39. The number of benzene rings is 1. The van der Waals surface area contributed by atoms with Crippen LogP contribution in [-0.2, 0) is 6.54 Å². The van der Waals surface area contributed by atoms with Crippen LogP contribution in [0.2, 0.25) is 0 Å². The predicted octanol–water partition coefficient (Wildman–Crippen LogP) is 2.85. The number of rotatable bonds is 3. The van der Waals surface area contributed by atoms with Crippen molar-refractivity contribution in [2.24, 2.45) is 0 Å². The van der Waals surface area contributed by atoms with E-state index in [0.29, 0.717) is 0 Å². The second-order valence-corrected chi connectivity index (χ2v) is 4.77. The van der Waals surface area contributed by atoms with E-state index in [2.05, 4.69) is 46.0 Å². The van der Waals surface area contributed by atoms with Crippen LogP contribution in [0.15, 0.2) is 30.5 Å². The molecular formula is C12H13IN2O. The molecule has 0 spiro atoms. The van der Waals surface area contributed by atoms with Gasteiger partial charge < -0.3 is 4.74 Å². The van der Waals surface area contributed by atoms with Crippen molar-refractivity contribution in [2.75, 3.05) is 7.11 Å². The first-order chi connectivity index (χ1) is 7.69. The van der Waals surface area contributed by atoms with Crippen molar-refractivity contribution in [3.05, 3.63) is 45.3 Å². The molecule has 2 rings (SSSR count). The van der Waals surface area contributed by atoms with Crippen LogP contribution in [0.25, 0.3) is 0 Å². The normalized spacial score (nSPS) is 10.4. The van der Waals surface area contributed by atoms with Gasteiger partial charge in [-0.3, -0.25) is 4.68 Å². The first-order valence-corrected chi connectivity index (χ1v) is 6.09. The number of nitrogens with zero attached hydrogens (tertiary/aromatic N) is 2. The molecule has 0 fully saturated rings. The summed E-state index contributed by atoms with van der Waals surface area (Å²) in [6, 6.07) is 8.05. The third-order valence-corrected chi connectivity index (χ3v) is 3.45. The van der Waals surface area contributed by atoms with Crippen LogP contribution in [0.1, 0.15) is 11.3 Å². The Labute approximate surface area is 109 Å². The Morgan fingerprint density at radius 3 is 2.50 bits per heavy atom. The zero-order chi connectivity index (χ0) is 11.5. The first kappa shape index (κ1) is 11.4. The second kappa shape index (κ2) is 4.86. The zero-order valence-corrected chi connectivity index (χ0v) is 11.4. The van der Waals surface area contributed by atoms with E-state index in [0.717, 1.165) is 18.0 Å². The second-order valence-electron chi connectivity index (χ2n) is 3.61. The van der Waals surface area contributed by atoms with Crippen molar-refractivity contribution >= 4 is 22.6 Å². The molecule has 0 saturated heterocycles. The van der Waals surface area contributed by atoms with E-state index in [9.17, 15) is 0 Å². The summed E-state index contributed by atoms with van der Waals surface area (Å²) < 4.78 is 8.28. The van der Waals surface area contributed by atoms with Gasteiger partial charge in [0, 0.05) is 6.20 Å². The van der Waals surface area contributed by atoms with Gasteiger partial charge in [0.2, 0.25) is 0 Å².